The number of aromatic nitrogens is 1. The van der Waals surface area contributed by atoms with Crippen molar-refractivity contribution in [1.29, 1.82) is 5.26 Å². The van der Waals surface area contributed by atoms with E-state index in [0.29, 0.717) is 0 Å². The van der Waals surface area contributed by atoms with Gasteiger partial charge in [-0.1, -0.05) is 12.1 Å². The van der Waals surface area contributed by atoms with E-state index < -0.39 is 0 Å². The number of piperazine rings is 1. The van der Waals surface area contributed by atoms with E-state index in [9.17, 15) is 5.26 Å². The van der Waals surface area contributed by atoms with Gasteiger partial charge in [0.2, 0.25) is 0 Å². The summed E-state index contributed by atoms with van der Waals surface area (Å²) in [4.78, 5) is 8.99. The molecule has 1 aliphatic rings. The third kappa shape index (κ3) is 3.01. The fourth-order valence-corrected chi connectivity index (χ4v) is 2.81. The quantitative estimate of drug-likeness (QED) is 0.841. The van der Waals surface area contributed by atoms with Crippen LogP contribution in [0.3, 0.4) is 0 Å². The highest BCUT2D eigenvalue weighted by Crippen LogP contribution is 2.23. The molecular formula is C16H15BrN4. The van der Waals surface area contributed by atoms with Crippen LogP contribution in [0, 0.1) is 11.3 Å². The zero-order valence-corrected chi connectivity index (χ0v) is 13.1. The zero-order valence-electron chi connectivity index (χ0n) is 11.5. The lowest BCUT2D eigenvalue weighted by atomic mass is 10.1. The van der Waals surface area contributed by atoms with E-state index in [4.69, 9.17) is 0 Å². The minimum absolute atomic E-state index is 0.743. The van der Waals surface area contributed by atoms with Crippen molar-refractivity contribution in [3.63, 3.8) is 0 Å². The molecule has 0 unspecified atom stereocenters. The highest BCUT2D eigenvalue weighted by atomic mass is 79.9. The van der Waals surface area contributed by atoms with E-state index >= 15 is 0 Å². The van der Waals surface area contributed by atoms with E-state index in [2.05, 4.69) is 36.8 Å². The fourth-order valence-electron chi connectivity index (χ4n) is 2.58. The average molecular weight is 343 g/mol. The van der Waals surface area contributed by atoms with Gasteiger partial charge in [0.15, 0.2) is 0 Å². The number of anilines is 2. The van der Waals surface area contributed by atoms with Crippen molar-refractivity contribution in [3.05, 3.63) is 52.6 Å². The van der Waals surface area contributed by atoms with Gasteiger partial charge in [-0.05, 0) is 40.2 Å². The van der Waals surface area contributed by atoms with Gasteiger partial charge in [-0.25, -0.2) is 4.98 Å². The van der Waals surface area contributed by atoms with Crippen molar-refractivity contribution in [1.82, 2.24) is 4.98 Å². The summed E-state index contributed by atoms with van der Waals surface area (Å²) >= 11 is 3.41. The molecule has 5 heteroatoms. The Morgan fingerprint density at radius 3 is 2.38 bits per heavy atom. The van der Waals surface area contributed by atoms with Crippen LogP contribution in [-0.2, 0) is 0 Å². The molecule has 0 spiro atoms. The van der Waals surface area contributed by atoms with Crippen molar-refractivity contribution in [3.8, 4) is 6.07 Å². The summed E-state index contributed by atoms with van der Waals surface area (Å²) < 4.78 is 0.993. The molecule has 2 heterocycles. The number of para-hydroxylation sites is 1. The van der Waals surface area contributed by atoms with Crippen LogP contribution in [0.2, 0.25) is 0 Å². The normalized spacial score (nSPS) is 14.9. The van der Waals surface area contributed by atoms with Crippen molar-refractivity contribution in [2.45, 2.75) is 0 Å². The second-order valence-corrected chi connectivity index (χ2v) is 5.85. The van der Waals surface area contributed by atoms with E-state index in [0.717, 1.165) is 47.7 Å². The van der Waals surface area contributed by atoms with Gasteiger partial charge in [0.05, 0.1) is 11.3 Å². The Bertz CT molecular complexity index is 655. The molecule has 21 heavy (non-hydrogen) atoms. The molecule has 1 fully saturated rings. The minimum Gasteiger partial charge on any atom is -0.367 e. The Balaban J connectivity index is 1.70. The number of halogens is 1. The molecular weight excluding hydrogens is 328 g/mol. The summed E-state index contributed by atoms with van der Waals surface area (Å²) in [6.45, 7) is 3.62. The summed E-state index contributed by atoms with van der Waals surface area (Å²) in [5.41, 5.74) is 1.77. The van der Waals surface area contributed by atoms with Crippen molar-refractivity contribution in [2.75, 3.05) is 36.0 Å². The first-order valence-electron chi connectivity index (χ1n) is 6.88. The predicted octanol–water partition coefficient (Wildman–Crippen LogP) is 3.04. The molecule has 1 aromatic carbocycles. The Labute approximate surface area is 132 Å². The summed E-state index contributed by atoms with van der Waals surface area (Å²) in [6, 6.07) is 14.1. The highest BCUT2D eigenvalue weighted by molar-refractivity contribution is 9.10. The van der Waals surface area contributed by atoms with Crippen LogP contribution < -0.4 is 9.80 Å². The number of nitriles is 1. The van der Waals surface area contributed by atoms with Crippen LogP contribution in [0.5, 0.6) is 0 Å². The van der Waals surface area contributed by atoms with Crippen LogP contribution in [0.4, 0.5) is 11.5 Å². The van der Waals surface area contributed by atoms with E-state index in [1.807, 2.05) is 42.6 Å². The second kappa shape index (κ2) is 6.15. The first-order chi connectivity index (χ1) is 10.3. The molecule has 106 valence electrons. The van der Waals surface area contributed by atoms with Gasteiger partial charge in [0.1, 0.15) is 11.9 Å². The van der Waals surface area contributed by atoms with E-state index in [-0.39, 0.29) is 0 Å². The molecule has 1 aromatic heterocycles. The van der Waals surface area contributed by atoms with E-state index in [1.54, 1.807) is 0 Å². The molecule has 0 atom stereocenters. The second-order valence-electron chi connectivity index (χ2n) is 4.94. The van der Waals surface area contributed by atoms with Crippen molar-refractivity contribution in [2.24, 2.45) is 0 Å². The average Bonchev–Trinajstić information content (AvgIpc) is 2.56. The Hall–Kier alpha value is -2.06. The number of hydrogen-bond donors (Lipinski definition) is 0. The van der Waals surface area contributed by atoms with Gasteiger partial charge < -0.3 is 9.80 Å². The zero-order chi connectivity index (χ0) is 14.7. The lowest BCUT2D eigenvalue weighted by Crippen LogP contribution is -2.47. The van der Waals surface area contributed by atoms with Crippen molar-refractivity contribution < 1.29 is 0 Å². The standard InChI is InChI=1S/C16H15BrN4/c17-14-5-6-16(19-12-14)21-9-7-20(8-10-21)15-4-2-1-3-13(15)11-18/h1-6,12H,7-10H2. The largest absolute Gasteiger partial charge is 0.367 e. The Morgan fingerprint density at radius 2 is 1.71 bits per heavy atom. The molecule has 0 amide bonds. The smallest absolute Gasteiger partial charge is 0.128 e. The molecule has 0 saturated carbocycles. The molecule has 0 N–H and O–H groups in total. The van der Waals surface area contributed by atoms with Crippen LogP contribution in [0.15, 0.2) is 47.1 Å². The number of benzene rings is 1. The third-order valence-corrected chi connectivity index (χ3v) is 4.15. The molecule has 1 aliphatic heterocycles. The van der Waals surface area contributed by atoms with Gasteiger partial charge >= 0.3 is 0 Å². The first-order valence-corrected chi connectivity index (χ1v) is 7.68. The minimum atomic E-state index is 0.743. The van der Waals surface area contributed by atoms with Crippen LogP contribution in [0.1, 0.15) is 5.56 Å². The van der Waals surface area contributed by atoms with Crippen LogP contribution in [-0.4, -0.2) is 31.2 Å². The molecule has 0 bridgehead atoms. The molecule has 3 rings (SSSR count). The molecule has 1 saturated heterocycles. The molecule has 0 radical (unpaired) electrons. The van der Waals surface area contributed by atoms with Gasteiger partial charge in [-0.15, -0.1) is 0 Å². The maximum atomic E-state index is 9.20. The Morgan fingerprint density at radius 1 is 1.00 bits per heavy atom. The number of hydrogen-bond acceptors (Lipinski definition) is 4. The summed E-state index contributed by atoms with van der Waals surface area (Å²) in [5.74, 6) is 1.01. The third-order valence-electron chi connectivity index (χ3n) is 3.68. The lowest BCUT2D eigenvalue weighted by Gasteiger charge is -2.37. The van der Waals surface area contributed by atoms with Gasteiger partial charge in [0, 0.05) is 36.8 Å². The maximum Gasteiger partial charge on any atom is 0.128 e. The van der Waals surface area contributed by atoms with Crippen molar-refractivity contribution >= 4 is 27.4 Å². The van der Waals surface area contributed by atoms with E-state index in [1.165, 1.54) is 0 Å². The summed E-state index contributed by atoms with van der Waals surface area (Å²) in [6.07, 6.45) is 1.83. The monoisotopic (exact) mass is 342 g/mol. The number of rotatable bonds is 2. The topological polar surface area (TPSA) is 43.2 Å². The molecule has 0 aliphatic carbocycles. The summed E-state index contributed by atoms with van der Waals surface area (Å²) in [5, 5.41) is 9.20. The van der Waals surface area contributed by atoms with Gasteiger partial charge in [0.25, 0.3) is 0 Å². The SMILES string of the molecule is N#Cc1ccccc1N1CCN(c2ccc(Br)cn2)CC1. The predicted molar refractivity (Wildman–Crippen MR) is 87.5 cm³/mol. The lowest BCUT2D eigenvalue weighted by molar-refractivity contribution is 0.647. The molecule has 2 aromatic rings. The first kappa shape index (κ1) is 13.9. The Kier molecular flexibility index (Phi) is 4.07. The van der Waals surface area contributed by atoms with Crippen LogP contribution >= 0.6 is 15.9 Å². The highest BCUT2D eigenvalue weighted by Gasteiger charge is 2.19. The number of pyridine rings is 1. The van der Waals surface area contributed by atoms with Gasteiger partial charge in [-0.3, -0.25) is 0 Å². The molecule has 4 nitrogen and oxygen atoms in total. The number of nitrogens with zero attached hydrogens (tertiary/aromatic N) is 4. The van der Waals surface area contributed by atoms with Crippen LogP contribution in [0.25, 0.3) is 0 Å². The fraction of sp³-hybridized carbons (Fsp3) is 0.250. The summed E-state index contributed by atoms with van der Waals surface area (Å²) in [7, 11) is 0. The maximum absolute atomic E-state index is 9.20. The van der Waals surface area contributed by atoms with Gasteiger partial charge in [-0.2, -0.15) is 5.26 Å².